The number of hydrogen-bond donors (Lipinski definition) is 0. The monoisotopic (exact) mass is 310 g/mol. The molecule has 1 aliphatic heterocycles. The molecule has 4 rings (SSSR count). The molecule has 1 saturated heterocycles. The molecule has 0 spiro atoms. The van der Waals surface area contributed by atoms with Crippen LogP contribution in [-0.4, -0.2) is 26.6 Å². The summed E-state index contributed by atoms with van der Waals surface area (Å²) in [6.45, 7) is 3.79. The van der Waals surface area contributed by atoms with Crippen molar-refractivity contribution in [3.05, 3.63) is 53.9 Å². The van der Waals surface area contributed by atoms with Gasteiger partial charge in [0, 0.05) is 30.6 Å². The predicted octanol–water partition coefficient (Wildman–Crippen LogP) is 3.37. The molecule has 23 heavy (non-hydrogen) atoms. The van der Waals surface area contributed by atoms with E-state index in [-0.39, 0.29) is 0 Å². The van der Waals surface area contributed by atoms with Crippen LogP contribution < -0.4 is 0 Å². The fourth-order valence-corrected chi connectivity index (χ4v) is 3.10. The van der Waals surface area contributed by atoms with Gasteiger partial charge in [0.05, 0.1) is 12.3 Å². The van der Waals surface area contributed by atoms with Crippen molar-refractivity contribution in [3.63, 3.8) is 0 Å². The van der Waals surface area contributed by atoms with Crippen molar-refractivity contribution < 1.29 is 8.94 Å². The lowest BCUT2D eigenvalue weighted by atomic mass is 10.1. The summed E-state index contributed by atoms with van der Waals surface area (Å²) in [7, 11) is 0. The molecule has 0 N–H and O–H groups in total. The summed E-state index contributed by atoms with van der Waals surface area (Å²) < 4.78 is 10.5. The zero-order valence-corrected chi connectivity index (χ0v) is 13.0. The molecule has 0 saturated carbocycles. The maximum atomic E-state index is 5.32. The highest BCUT2D eigenvalue weighted by molar-refractivity contribution is 5.45. The second-order valence-electron chi connectivity index (χ2n) is 5.88. The third-order valence-corrected chi connectivity index (χ3v) is 4.18. The van der Waals surface area contributed by atoms with Gasteiger partial charge >= 0.3 is 0 Å². The first-order chi connectivity index (χ1) is 11.3. The van der Waals surface area contributed by atoms with Crippen LogP contribution in [0.5, 0.6) is 0 Å². The van der Waals surface area contributed by atoms with Crippen molar-refractivity contribution in [1.29, 1.82) is 0 Å². The van der Waals surface area contributed by atoms with E-state index in [4.69, 9.17) is 8.94 Å². The van der Waals surface area contributed by atoms with Gasteiger partial charge in [-0.2, -0.15) is 0 Å². The van der Waals surface area contributed by atoms with Gasteiger partial charge in [0.15, 0.2) is 11.6 Å². The number of rotatable bonds is 4. The number of aryl methyl sites for hydroxylation is 1. The van der Waals surface area contributed by atoms with E-state index < -0.39 is 0 Å². The van der Waals surface area contributed by atoms with Gasteiger partial charge in [-0.3, -0.25) is 4.90 Å². The summed E-state index contributed by atoms with van der Waals surface area (Å²) in [4.78, 5) is 11.2. The standard InChI is InChI=1S/C17H18N4O2/c1-12-8-14(20-23-12)15-4-2-6-21(15)11-13-9-18-17(19-10-13)16-5-3-7-22-16/h3,5,7-10,15H,2,4,6,11H2,1H3. The maximum Gasteiger partial charge on any atom is 0.195 e. The molecule has 0 amide bonds. The lowest BCUT2D eigenvalue weighted by Gasteiger charge is -2.22. The van der Waals surface area contributed by atoms with Gasteiger partial charge in [0.2, 0.25) is 0 Å². The summed E-state index contributed by atoms with van der Waals surface area (Å²) >= 11 is 0. The fourth-order valence-electron chi connectivity index (χ4n) is 3.10. The van der Waals surface area contributed by atoms with E-state index >= 15 is 0 Å². The Kier molecular flexibility index (Phi) is 3.67. The molecule has 0 radical (unpaired) electrons. The molecule has 1 aliphatic rings. The Hall–Kier alpha value is -2.47. The van der Waals surface area contributed by atoms with Gasteiger partial charge in [-0.15, -0.1) is 0 Å². The molecule has 0 bridgehead atoms. The highest BCUT2D eigenvalue weighted by Gasteiger charge is 2.28. The Morgan fingerprint density at radius 3 is 2.87 bits per heavy atom. The third kappa shape index (κ3) is 2.90. The van der Waals surface area contributed by atoms with E-state index in [0.29, 0.717) is 17.6 Å². The molecular weight excluding hydrogens is 292 g/mol. The number of furan rings is 1. The van der Waals surface area contributed by atoms with Gasteiger partial charge in [0.1, 0.15) is 11.5 Å². The van der Waals surface area contributed by atoms with E-state index in [0.717, 1.165) is 36.5 Å². The summed E-state index contributed by atoms with van der Waals surface area (Å²) in [5, 5.41) is 4.18. The first-order valence-electron chi connectivity index (χ1n) is 7.81. The fraction of sp³-hybridized carbons (Fsp3) is 0.353. The molecular formula is C17H18N4O2. The van der Waals surface area contributed by atoms with Crippen LogP contribution in [0, 0.1) is 6.92 Å². The van der Waals surface area contributed by atoms with E-state index in [1.54, 1.807) is 6.26 Å². The molecule has 3 aromatic heterocycles. The molecule has 6 nitrogen and oxygen atoms in total. The van der Waals surface area contributed by atoms with E-state index in [2.05, 4.69) is 20.0 Å². The molecule has 0 aliphatic carbocycles. The summed E-state index contributed by atoms with van der Waals surface area (Å²) in [6.07, 6.45) is 7.64. The Morgan fingerprint density at radius 1 is 1.30 bits per heavy atom. The van der Waals surface area contributed by atoms with Crippen LogP contribution in [0.2, 0.25) is 0 Å². The normalized spacial score (nSPS) is 18.6. The van der Waals surface area contributed by atoms with Gasteiger partial charge in [-0.05, 0) is 38.4 Å². The number of likely N-dealkylation sites (tertiary alicyclic amines) is 1. The summed E-state index contributed by atoms with van der Waals surface area (Å²) in [6, 6.07) is 6.04. The summed E-state index contributed by atoms with van der Waals surface area (Å²) in [5.74, 6) is 2.16. The van der Waals surface area contributed by atoms with Crippen molar-refractivity contribution >= 4 is 0 Å². The van der Waals surface area contributed by atoms with Crippen molar-refractivity contribution in [3.8, 4) is 11.6 Å². The minimum absolute atomic E-state index is 0.317. The highest BCUT2D eigenvalue weighted by atomic mass is 16.5. The zero-order chi connectivity index (χ0) is 15.6. The van der Waals surface area contributed by atoms with E-state index in [1.807, 2.05) is 37.5 Å². The van der Waals surface area contributed by atoms with Crippen LogP contribution in [0.4, 0.5) is 0 Å². The Balaban J connectivity index is 1.49. The highest BCUT2D eigenvalue weighted by Crippen LogP contribution is 2.32. The quantitative estimate of drug-likeness (QED) is 0.736. The molecule has 1 fully saturated rings. The maximum absolute atomic E-state index is 5.32. The Morgan fingerprint density at radius 2 is 2.17 bits per heavy atom. The van der Waals surface area contributed by atoms with E-state index in [9.17, 15) is 0 Å². The Labute approximate surface area is 134 Å². The van der Waals surface area contributed by atoms with Crippen molar-refractivity contribution in [2.24, 2.45) is 0 Å². The molecule has 118 valence electrons. The van der Waals surface area contributed by atoms with Crippen LogP contribution in [0.1, 0.15) is 35.9 Å². The molecule has 1 unspecified atom stereocenters. The largest absolute Gasteiger partial charge is 0.461 e. The second-order valence-corrected chi connectivity index (χ2v) is 5.88. The third-order valence-electron chi connectivity index (χ3n) is 4.18. The number of aromatic nitrogens is 3. The van der Waals surface area contributed by atoms with Crippen LogP contribution in [0.3, 0.4) is 0 Å². The van der Waals surface area contributed by atoms with E-state index in [1.165, 1.54) is 6.42 Å². The lowest BCUT2D eigenvalue weighted by molar-refractivity contribution is 0.236. The first-order valence-corrected chi connectivity index (χ1v) is 7.81. The van der Waals surface area contributed by atoms with Crippen LogP contribution in [-0.2, 0) is 6.54 Å². The average molecular weight is 310 g/mol. The summed E-state index contributed by atoms with van der Waals surface area (Å²) in [5.41, 5.74) is 2.11. The SMILES string of the molecule is Cc1cc(C2CCCN2Cc2cnc(-c3ccco3)nc2)no1. The van der Waals surface area contributed by atoms with Crippen molar-refractivity contribution in [2.45, 2.75) is 32.4 Å². The second kappa shape index (κ2) is 5.96. The zero-order valence-electron chi connectivity index (χ0n) is 13.0. The first kappa shape index (κ1) is 14.1. The van der Waals surface area contributed by atoms with Gasteiger partial charge < -0.3 is 8.94 Å². The smallest absolute Gasteiger partial charge is 0.195 e. The lowest BCUT2D eigenvalue weighted by Crippen LogP contribution is -2.23. The predicted molar refractivity (Wildman–Crippen MR) is 83.4 cm³/mol. The molecule has 1 atom stereocenters. The topological polar surface area (TPSA) is 68.2 Å². The van der Waals surface area contributed by atoms with Crippen LogP contribution in [0.25, 0.3) is 11.6 Å². The number of hydrogen-bond acceptors (Lipinski definition) is 6. The molecule has 6 heteroatoms. The van der Waals surface area contributed by atoms with Crippen LogP contribution in [0.15, 0.2) is 45.8 Å². The molecule has 0 aromatic carbocycles. The van der Waals surface area contributed by atoms with Gasteiger partial charge in [-0.1, -0.05) is 5.16 Å². The molecule has 4 heterocycles. The minimum atomic E-state index is 0.317. The van der Waals surface area contributed by atoms with Gasteiger partial charge in [0.25, 0.3) is 0 Å². The number of nitrogens with zero attached hydrogens (tertiary/aromatic N) is 4. The van der Waals surface area contributed by atoms with Crippen LogP contribution >= 0.6 is 0 Å². The van der Waals surface area contributed by atoms with Crippen molar-refractivity contribution in [1.82, 2.24) is 20.0 Å². The minimum Gasteiger partial charge on any atom is -0.461 e. The van der Waals surface area contributed by atoms with Crippen molar-refractivity contribution in [2.75, 3.05) is 6.54 Å². The molecule has 3 aromatic rings. The van der Waals surface area contributed by atoms with Gasteiger partial charge in [-0.25, -0.2) is 9.97 Å². The average Bonchev–Trinajstić information content (AvgIpc) is 3.29. The Bertz CT molecular complexity index is 764.